The van der Waals surface area contributed by atoms with Crippen LogP contribution in [0.15, 0.2) is 126 Å². The van der Waals surface area contributed by atoms with Crippen molar-refractivity contribution < 1.29 is 17.9 Å². The van der Waals surface area contributed by atoms with Crippen LogP contribution in [0.25, 0.3) is 0 Å². The van der Waals surface area contributed by atoms with Crippen molar-refractivity contribution in [3.05, 3.63) is 138 Å². The summed E-state index contributed by atoms with van der Waals surface area (Å²) in [6.07, 6.45) is -1.04. The second-order valence-electron chi connectivity index (χ2n) is 7.29. The van der Waals surface area contributed by atoms with E-state index in [2.05, 4.69) is 0 Å². The Labute approximate surface area is 188 Å². The van der Waals surface area contributed by atoms with Gasteiger partial charge in [0.2, 0.25) is 0 Å². The first-order chi connectivity index (χ1) is 15.6. The number of hydrogen-bond donors (Lipinski definition) is 0. The largest absolute Gasteiger partial charge is 0.452 e. The summed E-state index contributed by atoms with van der Waals surface area (Å²) in [5.41, 5.74) is 1.51. The maximum Gasteiger partial charge on any atom is 0.338 e. The monoisotopic (exact) mass is 442 g/mol. The van der Waals surface area contributed by atoms with E-state index in [4.69, 9.17) is 4.74 Å². The predicted molar refractivity (Wildman–Crippen MR) is 124 cm³/mol. The zero-order valence-electron chi connectivity index (χ0n) is 17.2. The number of esters is 1. The van der Waals surface area contributed by atoms with Crippen LogP contribution < -0.4 is 0 Å². The van der Waals surface area contributed by atoms with Crippen LogP contribution >= 0.6 is 0 Å². The standard InChI is InChI=1S/C27H22O4S/c28-27(23-17-9-3-10-18-23)31-25(21-13-5-1-6-14-21)26(22-15-7-2-8-16-22)32(29,30)24-19-11-4-12-20-24/h1-20,25-26H. The van der Waals surface area contributed by atoms with Crippen molar-refractivity contribution in [2.75, 3.05) is 0 Å². The van der Waals surface area contributed by atoms with Gasteiger partial charge in [0.1, 0.15) is 11.4 Å². The van der Waals surface area contributed by atoms with E-state index in [0.717, 1.165) is 0 Å². The SMILES string of the molecule is O=C(OC(c1ccccc1)C(c1ccccc1)S(=O)(=O)c1ccccc1)c1ccccc1. The van der Waals surface area contributed by atoms with Crippen LogP contribution in [0.2, 0.25) is 0 Å². The minimum absolute atomic E-state index is 0.172. The highest BCUT2D eigenvalue weighted by atomic mass is 32.2. The summed E-state index contributed by atoms with van der Waals surface area (Å²) in [4.78, 5) is 13.2. The Morgan fingerprint density at radius 2 is 1.03 bits per heavy atom. The maximum absolute atomic E-state index is 13.9. The minimum atomic E-state index is -3.91. The molecule has 0 aliphatic heterocycles. The Hall–Kier alpha value is -3.70. The molecule has 0 bridgehead atoms. The number of carbonyl (C=O) groups is 1. The van der Waals surface area contributed by atoms with Gasteiger partial charge >= 0.3 is 5.97 Å². The lowest BCUT2D eigenvalue weighted by molar-refractivity contribution is 0.0285. The third-order valence-corrected chi connectivity index (χ3v) is 7.30. The van der Waals surface area contributed by atoms with Crippen LogP contribution in [0, 0.1) is 0 Å². The van der Waals surface area contributed by atoms with Crippen molar-refractivity contribution in [3.63, 3.8) is 0 Å². The van der Waals surface area contributed by atoms with Crippen molar-refractivity contribution in [1.82, 2.24) is 0 Å². The van der Waals surface area contributed by atoms with Crippen LogP contribution in [0.1, 0.15) is 32.8 Å². The molecular weight excluding hydrogens is 420 g/mol. The van der Waals surface area contributed by atoms with Gasteiger partial charge in [0.25, 0.3) is 0 Å². The van der Waals surface area contributed by atoms with Gasteiger partial charge in [0.15, 0.2) is 9.84 Å². The molecule has 0 heterocycles. The van der Waals surface area contributed by atoms with Crippen molar-refractivity contribution in [1.29, 1.82) is 0 Å². The fourth-order valence-electron chi connectivity index (χ4n) is 3.62. The first-order valence-corrected chi connectivity index (χ1v) is 11.8. The lowest BCUT2D eigenvalue weighted by Gasteiger charge is -2.28. The molecule has 4 aromatic carbocycles. The van der Waals surface area contributed by atoms with Gasteiger partial charge in [0, 0.05) is 0 Å². The molecule has 160 valence electrons. The molecule has 0 aliphatic carbocycles. The molecule has 4 rings (SSSR count). The molecule has 0 fully saturated rings. The summed E-state index contributed by atoms with van der Waals surface area (Å²) in [7, 11) is -3.91. The Kier molecular flexibility index (Phi) is 6.47. The molecule has 0 saturated heterocycles. The summed E-state index contributed by atoms with van der Waals surface area (Å²) in [5.74, 6) is -0.580. The van der Waals surface area contributed by atoms with Gasteiger partial charge in [0.05, 0.1) is 10.5 Å². The Balaban J connectivity index is 1.86. The molecule has 0 saturated carbocycles. The number of hydrogen-bond acceptors (Lipinski definition) is 4. The summed E-state index contributed by atoms with van der Waals surface area (Å²) < 4.78 is 33.7. The Morgan fingerprint density at radius 3 is 1.56 bits per heavy atom. The number of carbonyl (C=O) groups excluding carboxylic acids is 1. The van der Waals surface area contributed by atoms with Crippen LogP contribution in [0.5, 0.6) is 0 Å². The molecule has 32 heavy (non-hydrogen) atoms. The molecule has 0 aromatic heterocycles. The Bertz CT molecular complexity index is 1260. The molecule has 0 spiro atoms. The highest BCUT2D eigenvalue weighted by Crippen LogP contribution is 2.42. The van der Waals surface area contributed by atoms with E-state index in [1.165, 1.54) is 0 Å². The smallest absolute Gasteiger partial charge is 0.338 e. The van der Waals surface area contributed by atoms with Crippen molar-refractivity contribution >= 4 is 15.8 Å². The van der Waals surface area contributed by atoms with Gasteiger partial charge in [-0.15, -0.1) is 0 Å². The zero-order chi connectivity index (χ0) is 22.4. The van der Waals surface area contributed by atoms with Crippen LogP contribution in [0.4, 0.5) is 0 Å². The van der Waals surface area contributed by atoms with E-state index >= 15 is 0 Å². The van der Waals surface area contributed by atoms with Crippen LogP contribution in [-0.2, 0) is 14.6 Å². The topological polar surface area (TPSA) is 60.4 Å². The molecular formula is C27H22O4S. The lowest BCUT2D eigenvalue weighted by Crippen LogP contribution is -2.25. The van der Waals surface area contributed by atoms with Crippen molar-refractivity contribution in [3.8, 4) is 0 Å². The first kappa shape index (κ1) is 21.5. The molecule has 0 aliphatic rings. The quantitative estimate of drug-likeness (QED) is 0.339. The van der Waals surface area contributed by atoms with E-state index < -0.39 is 27.2 Å². The second-order valence-corrected chi connectivity index (χ2v) is 9.36. The molecule has 0 radical (unpaired) electrons. The number of benzene rings is 4. The number of ether oxygens (including phenoxy) is 1. The summed E-state index contributed by atoms with van der Waals surface area (Å²) >= 11 is 0. The van der Waals surface area contributed by atoms with E-state index in [1.54, 1.807) is 109 Å². The predicted octanol–water partition coefficient (Wildman–Crippen LogP) is 5.80. The van der Waals surface area contributed by atoms with Gasteiger partial charge < -0.3 is 4.74 Å². The first-order valence-electron chi connectivity index (χ1n) is 10.2. The van der Waals surface area contributed by atoms with Crippen molar-refractivity contribution in [2.45, 2.75) is 16.2 Å². The molecule has 0 amide bonds. The van der Waals surface area contributed by atoms with Crippen molar-refractivity contribution in [2.24, 2.45) is 0 Å². The van der Waals surface area contributed by atoms with E-state index in [9.17, 15) is 13.2 Å². The van der Waals surface area contributed by atoms with Gasteiger partial charge in [-0.2, -0.15) is 0 Å². The number of sulfone groups is 1. The lowest BCUT2D eigenvalue weighted by atomic mass is 10.0. The fourth-order valence-corrected chi connectivity index (χ4v) is 5.50. The molecule has 4 aromatic rings. The van der Waals surface area contributed by atoms with E-state index in [-0.39, 0.29) is 4.90 Å². The molecule has 2 unspecified atom stereocenters. The summed E-state index contributed by atoms with van der Waals surface area (Å²) in [6.45, 7) is 0. The van der Waals surface area contributed by atoms with Gasteiger partial charge in [-0.25, -0.2) is 13.2 Å². The maximum atomic E-state index is 13.9. The van der Waals surface area contributed by atoms with Gasteiger partial charge in [-0.05, 0) is 35.4 Å². The second kappa shape index (κ2) is 9.62. The molecule has 5 heteroatoms. The highest BCUT2D eigenvalue weighted by Gasteiger charge is 2.39. The molecule has 4 nitrogen and oxygen atoms in total. The molecule has 0 N–H and O–H groups in total. The minimum Gasteiger partial charge on any atom is -0.452 e. The van der Waals surface area contributed by atoms with Gasteiger partial charge in [-0.3, -0.25) is 0 Å². The van der Waals surface area contributed by atoms with E-state index in [0.29, 0.717) is 16.7 Å². The average molecular weight is 443 g/mol. The highest BCUT2D eigenvalue weighted by molar-refractivity contribution is 7.91. The average Bonchev–Trinajstić information content (AvgIpc) is 2.86. The van der Waals surface area contributed by atoms with Crippen LogP contribution in [-0.4, -0.2) is 14.4 Å². The van der Waals surface area contributed by atoms with E-state index in [1.807, 2.05) is 12.1 Å². The third kappa shape index (κ3) is 4.63. The number of rotatable bonds is 7. The normalized spacial score (nSPS) is 13.1. The van der Waals surface area contributed by atoms with Gasteiger partial charge in [-0.1, -0.05) is 97.1 Å². The van der Waals surface area contributed by atoms with Crippen LogP contribution in [0.3, 0.4) is 0 Å². The summed E-state index contributed by atoms with van der Waals surface area (Å²) in [6, 6.07) is 34.7. The summed E-state index contributed by atoms with van der Waals surface area (Å²) in [5, 5.41) is -1.12. The Morgan fingerprint density at radius 1 is 0.594 bits per heavy atom. The fraction of sp³-hybridized carbons (Fsp3) is 0.0741. The zero-order valence-corrected chi connectivity index (χ0v) is 18.1. The third-order valence-electron chi connectivity index (χ3n) is 5.18. The molecule has 2 atom stereocenters.